The highest BCUT2D eigenvalue weighted by Crippen LogP contribution is 2.32. The number of ether oxygens (including phenoxy) is 1. The van der Waals surface area contributed by atoms with Crippen LogP contribution in [-0.4, -0.2) is 26.5 Å². The van der Waals surface area contributed by atoms with E-state index in [9.17, 15) is 4.39 Å². The van der Waals surface area contributed by atoms with Crippen LogP contribution in [0.1, 0.15) is 11.4 Å². The van der Waals surface area contributed by atoms with Crippen LogP contribution in [0, 0.1) is 19.8 Å². The number of fused-ring (bicyclic) bond motifs is 3. The lowest BCUT2D eigenvalue weighted by molar-refractivity contribution is 0.419. The van der Waals surface area contributed by atoms with Crippen molar-refractivity contribution in [2.75, 3.05) is 7.11 Å². The average molecular weight is 322 g/mol. The summed E-state index contributed by atoms with van der Waals surface area (Å²) in [4.78, 5) is 12.8. The van der Waals surface area contributed by atoms with Crippen molar-refractivity contribution in [3.63, 3.8) is 0 Å². The molecule has 0 radical (unpaired) electrons. The summed E-state index contributed by atoms with van der Waals surface area (Å²) in [7, 11) is 1.61. The van der Waals surface area contributed by atoms with Crippen molar-refractivity contribution in [3.05, 3.63) is 54.1 Å². The van der Waals surface area contributed by atoms with Crippen molar-refractivity contribution in [3.8, 4) is 16.9 Å². The van der Waals surface area contributed by atoms with Gasteiger partial charge in [0.1, 0.15) is 17.6 Å². The number of hydrogen-bond donors (Lipinski definition) is 0. The van der Waals surface area contributed by atoms with Gasteiger partial charge in [-0.25, -0.2) is 15.0 Å². The predicted molar refractivity (Wildman–Crippen MR) is 89.7 cm³/mol. The number of nitrogens with zero attached hydrogens (tertiary/aromatic N) is 4. The zero-order valence-electron chi connectivity index (χ0n) is 13.5. The van der Waals surface area contributed by atoms with Crippen LogP contribution < -0.4 is 4.74 Å². The molecule has 0 bridgehead atoms. The van der Waals surface area contributed by atoms with Crippen molar-refractivity contribution < 1.29 is 9.13 Å². The van der Waals surface area contributed by atoms with Gasteiger partial charge in [0.15, 0.2) is 0 Å². The van der Waals surface area contributed by atoms with Gasteiger partial charge in [-0.15, -0.1) is 0 Å². The number of pyridine rings is 1. The molecule has 0 aliphatic rings. The summed E-state index contributed by atoms with van der Waals surface area (Å²) in [5.41, 5.74) is 6.14. The first-order chi connectivity index (χ1) is 11.6. The lowest BCUT2D eigenvalue weighted by atomic mass is 10.1. The van der Waals surface area contributed by atoms with Crippen molar-refractivity contribution >= 4 is 16.6 Å². The molecule has 4 aromatic rings. The average Bonchev–Trinajstić information content (AvgIpc) is 2.98. The summed E-state index contributed by atoms with van der Waals surface area (Å²) in [5.74, 6) is 0.152. The third-order valence-electron chi connectivity index (χ3n) is 4.17. The zero-order chi connectivity index (χ0) is 16.8. The Morgan fingerprint density at radius 2 is 1.88 bits per heavy atom. The number of methoxy groups -OCH3 is 1. The van der Waals surface area contributed by atoms with E-state index in [0.717, 1.165) is 39.1 Å². The first-order valence-corrected chi connectivity index (χ1v) is 7.52. The van der Waals surface area contributed by atoms with Crippen molar-refractivity contribution in [2.24, 2.45) is 0 Å². The molecular formula is C18H15FN4O. The molecule has 6 heteroatoms. The standard InChI is InChI=1S/C18H15FN4O/c1-10-18-11(2)22-17-14(23(18)9-21-10)6-13(7-15(17)24-3)12-4-5-16(19)20-8-12/h4-9H,1-3H3. The predicted octanol–water partition coefficient (Wildman–Crippen LogP) is 3.71. The van der Waals surface area contributed by atoms with E-state index in [-0.39, 0.29) is 0 Å². The van der Waals surface area contributed by atoms with Gasteiger partial charge < -0.3 is 4.74 Å². The van der Waals surface area contributed by atoms with E-state index in [4.69, 9.17) is 9.72 Å². The maximum Gasteiger partial charge on any atom is 0.212 e. The molecule has 0 saturated heterocycles. The SMILES string of the molecule is COc1cc(-c2ccc(F)nc2)cc2c1nc(C)c1c(C)ncn12. The van der Waals surface area contributed by atoms with Gasteiger partial charge in [-0.05, 0) is 43.7 Å². The van der Waals surface area contributed by atoms with Gasteiger partial charge in [0, 0.05) is 11.8 Å². The van der Waals surface area contributed by atoms with Gasteiger partial charge >= 0.3 is 0 Å². The van der Waals surface area contributed by atoms with Gasteiger partial charge in [-0.2, -0.15) is 4.39 Å². The summed E-state index contributed by atoms with van der Waals surface area (Å²) >= 11 is 0. The Kier molecular flexibility index (Phi) is 3.19. The normalized spacial score (nSPS) is 11.3. The highest BCUT2D eigenvalue weighted by molar-refractivity contribution is 5.90. The van der Waals surface area contributed by atoms with Gasteiger partial charge in [0.2, 0.25) is 5.95 Å². The van der Waals surface area contributed by atoms with E-state index < -0.39 is 5.95 Å². The molecule has 0 N–H and O–H groups in total. The molecule has 0 spiro atoms. The Bertz CT molecular complexity index is 1070. The van der Waals surface area contributed by atoms with Crippen molar-refractivity contribution in [1.29, 1.82) is 0 Å². The molecule has 0 atom stereocenters. The second-order valence-electron chi connectivity index (χ2n) is 5.66. The van der Waals surface area contributed by atoms with Crippen molar-refractivity contribution in [1.82, 2.24) is 19.4 Å². The highest BCUT2D eigenvalue weighted by atomic mass is 19.1. The molecule has 4 rings (SSSR count). The molecule has 24 heavy (non-hydrogen) atoms. The number of hydrogen-bond acceptors (Lipinski definition) is 4. The number of halogens is 1. The van der Waals surface area contributed by atoms with E-state index in [0.29, 0.717) is 5.75 Å². The van der Waals surface area contributed by atoms with Gasteiger partial charge in [0.05, 0.1) is 29.5 Å². The van der Waals surface area contributed by atoms with Crippen molar-refractivity contribution in [2.45, 2.75) is 13.8 Å². The Hall–Kier alpha value is -3.02. The van der Waals surface area contributed by atoms with Crippen LogP contribution in [0.15, 0.2) is 36.8 Å². The molecular weight excluding hydrogens is 307 g/mol. The molecule has 0 aliphatic heterocycles. The monoisotopic (exact) mass is 322 g/mol. The van der Waals surface area contributed by atoms with Crippen LogP contribution in [-0.2, 0) is 0 Å². The van der Waals surface area contributed by atoms with Crippen LogP contribution in [0.3, 0.4) is 0 Å². The summed E-state index contributed by atoms with van der Waals surface area (Å²) < 4.78 is 20.6. The number of rotatable bonds is 2. The van der Waals surface area contributed by atoms with Crippen LogP contribution in [0.4, 0.5) is 4.39 Å². The number of imidazole rings is 1. The maximum absolute atomic E-state index is 13.1. The van der Waals surface area contributed by atoms with Crippen LogP contribution in [0.2, 0.25) is 0 Å². The first-order valence-electron chi connectivity index (χ1n) is 7.52. The molecule has 1 aromatic carbocycles. The minimum Gasteiger partial charge on any atom is -0.494 e. The van der Waals surface area contributed by atoms with Crippen LogP contribution in [0.25, 0.3) is 27.7 Å². The molecule has 0 fully saturated rings. The van der Waals surface area contributed by atoms with Crippen LogP contribution in [0.5, 0.6) is 5.75 Å². The third kappa shape index (κ3) is 2.11. The molecule has 120 valence electrons. The quantitative estimate of drug-likeness (QED) is 0.528. The maximum atomic E-state index is 13.1. The fourth-order valence-corrected chi connectivity index (χ4v) is 3.03. The second kappa shape index (κ2) is 5.26. The van der Waals surface area contributed by atoms with E-state index in [1.807, 2.05) is 30.4 Å². The Morgan fingerprint density at radius 3 is 2.58 bits per heavy atom. The molecule has 0 unspecified atom stereocenters. The molecule has 3 heterocycles. The Morgan fingerprint density at radius 1 is 1.04 bits per heavy atom. The smallest absolute Gasteiger partial charge is 0.212 e. The highest BCUT2D eigenvalue weighted by Gasteiger charge is 2.14. The fourth-order valence-electron chi connectivity index (χ4n) is 3.03. The van der Waals surface area contributed by atoms with Gasteiger partial charge in [-0.1, -0.05) is 0 Å². The summed E-state index contributed by atoms with van der Waals surface area (Å²) in [6.45, 7) is 3.92. The lowest BCUT2D eigenvalue weighted by Gasteiger charge is -2.12. The molecule has 0 amide bonds. The largest absolute Gasteiger partial charge is 0.494 e. The van der Waals surface area contributed by atoms with E-state index in [1.54, 1.807) is 19.5 Å². The number of benzene rings is 1. The Balaban J connectivity index is 2.09. The fraction of sp³-hybridized carbons (Fsp3) is 0.167. The molecule has 0 aliphatic carbocycles. The number of aromatic nitrogens is 4. The first kappa shape index (κ1) is 14.6. The van der Waals surface area contributed by atoms with Gasteiger partial charge in [0.25, 0.3) is 0 Å². The summed E-state index contributed by atoms with van der Waals surface area (Å²) in [5, 5.41) is 0. The van der Waals surface area contributed by atoms with E-state index in [1.165, 1.54) is 12.3 Å². The second-order valence-corrected chi connectivity index (χ2v) is 5.66. The number of aryl methyl sites for hydroxylation is 2. The molecule has 0 saturated carbocycles. The van der Waals surface area contributed by atoms with E-state index in [2.05, 4.69) is 9.97 Å². The lowest BCUT2D eigenvalue weighted by Crippen LogP contribution is -1.98. The minimum atomic E-state index is -0.503. The third-order valence-corrected chi connectivity index (χ3v) is 4.17. The molecule has 5 nitrogen and oxygen atoms in total. The Labute approximate surface area is 137 Å². The van der Waals surface area contributed by atoms with E-state index >= 15 is 0 Å². The van der Waals surface area contributed by atoms with Crippen LogP contribution >= 0.6 is 0 Å². The summed E-state index contributed by atoms with van der Waals surface area (Å²) in [6.07, 6.45) is 3.29. The van der Waals surface area contributed by atoms with Gasteiger partial charge in [-0.3, -0.25) is 4.40 Å². The minimum absolute atomic E-state index is 0.503. The topological polar surface area (TPSA) is 52.3 Å². The summed E-state index contributed by atoms with van der Waals surface area (Å²) in [6, 6.07) is 6.92. The zero-order valence-corrected chi connectivity index (χ0v) is 13.5. The molecule has 3 aromatic heterocycles.